The maximum Gasteiger partial charge on any atom is 0.233 e. The zero-order valence-electron chi connectivity index (χ0n) is 25.5. The minimum absolute atomic E-state index is 0. The number of nitrogens with two attached hydrogens (primary N) is 1. The molecule has 7 heteroatoms. The molecule has 0 saturated carbocycles. The maximum atomic E-state index is 10.8. The van der Waals surface area contributed by atoms with Crippen LogP contribution in [-0.4, -0.2) is 31.3 Å². The number of carbonyl (C=O) groups excluding carboxylic acids is 1. The highest BCUT2D eigenvalue weighted by Gasteiger charge is 1.99. The molecule has 0 unspecified atom stereocenters. The number of rotatable bonds is 15. The van der Waals surface area contributed by atoms with Crippen LogP contribution in [-0.2, 0) is 28.9 Å². The van der Waals surface area contributed by atoms with Gasteiger partial charge in [-0.1, -0.05) is 96.9 Å². The van der Waals surface area contributed by atoms with E-state index in [9.17, 15) is 4.79 Å². The highest BCUT2D eigenvalue weighted by molar-refractivity contribution is 5.75. The molecule has 1 amide bonds. The summed E-state index contributed by atoms with van der Waals surface area (Å²) in [5.41, 5.74) is 15.1. The summed E-state index contributed by atoms with van der Waals surface area (Å²) >= 11 is 0. The summed E-state index contributed by atoms with van der Waals surface area (Å²) in [4.78, 5) is 15.6. The van der Waals surface area contributed by atoms with Gasteiger partial charge in [-0.05, 0) is 88.8 Å². The van der Waals surface area contributed by atoms with E-state index >= 15 is 0 Å². The number of unbranched alkanes of at least 4 members (excludes halogenated alkanes) is 2. The standard InChI is InChI=1S/C12H19NO.C11H16N2O.C11H17NO.CH4/c1-11-6-8-12(9-7-11)5-3-4-10-13-14-2;1-9-5-7-10(8-6-9)3-2-4-11(14)13-12;1-10-5-7-11(8-6-10)4-2-3-9-12-13;/h6-9,13H,3-5,10H2,1-2H3;5-8H,2-4,12H2,1H3,(H,13,14);5-8,12-13H,2-4,9H2,1H3;1H4. The quantitative estimate of drug-likeness (QED) is 0.0592. The Morgan fingerprint density at radius 1 is 0.667 bits per heavy atom. The number of hydroxylamine groups is 2. The van der Waals surface area contributed by atoms with Crippen LogP contribution in [0.2, 0.25) is 0 Å². The number of benzene rings is 3. The van der Waals surface area contributed by atoms with E-state index in [0.717, 1.165) is 51.5 Å². The van der Waals surface area contributed by atoms with Gasteiger partial charge in [-0.15, -0.1) is 0 Å². The Hall–Kier alpha value is -3.07. The summed E-state index contributed by atoms with van der Waals surface area (Å²) in [5.74, 6) is 4.87. The Bertz CT molecular complexity index is 1040. The van der Waals surface area contributed by atoms with Gasteiger partial charge in [0.25, 0.3) is 0 Å². The third kappa shape index (κ3) is 20.8. The van der Waals surface area contributed by atoms with E-state index in [1.165, 1.54) is 39.8 Å². The molecule has 0 saturated heterocycles. The van der Waals surface area contributed by atoms with Crippen molar-refractivity contribution in [3.8, 4) is 0 Å². The topological polar surface area (TPSA) is 109 Å². The summed E-state index contributed by atoms with van der Waals surface area (Å²) in [6.45, 7) is 7.89. The second-order valence-electron chi connectivity index (χ2n) is 10.3. The number of nitrogens with one attached hydrogen (secondary N) is 3. The van der Waals surface area contributed by atoms with Crippen LogP contribution < -0.4 is 22.2 Å². The Morgan fingerprint density at radius 2 is 1.05 bits per heavy atom. The molecular weight excluding hydrogens is 524 g/mol. The van der Waals surface area contributed by atoms with Crippen molar-refractivity contribution in [3.63, 3.8) is 0 Å². The molecule has 0 aliphatic carbocycles. The second kappa shape index (κ2) is 25.6. The lowest BCUT2D eigenvalue weighted by Crippen LogP contribution is -2.29. The van der Waals surface area contributed by atoms with Crippen molar-refractivity contribution in [1.29, 1.82) is 0 Å². The van der Waals surface area contributed by atoms with Gasteiger partial charge in [0.05, 0.1) is 7.11 Å². The van der Waals surface area contributed by atoms with Gasteiger partial charge in [-0.25, -0.2) is 16.8 Å². The van der Waals surface area contributed by atoms with Crippen LogP contribution in [0.3, 0.4) is 0 Å². The van der Waals surface area contributed by atoms with E-state index < -0.39 is 0 Å². The molecule has 0 radical (unpaired) electrons. The zero-order valence-corrected chi connectivity index (χ0v) is 25.5. The smallest absolute Gasteiger partial charge is 0.233 e. The first-order valence-electron chi connectivity index (χ1n) is 14.7. The van der Waals surface area contributed by atoms with E-state index in [0.29, 0.717) is 13.0 Å². The van der Waals surface area contributed by atoms with Crippen molar-refractivity contribution in [1.82, 2.24) is 16.4 Å². The lowest BCUT2D eigenvalue weighted by atomic mass is 10.1. The van der Waals surface area contributed by atoms with E-state index in [-0.39, 0.29) is 13.3 Å². The van der Waals surface area contributed by atoms with Crippen molar-refractivity contribution >= 4 is 5.91 Å². The van der Waals surface area contributed by atoms with Crippen LogP contribution in [0.4, 0.5) is 0 Å². The lowest BCUT2D eigenvalue weighted by Gasteiger charge is -2.02. The normalized spacial score (nSPS) is 9.95. The Labute approximate surface area is 255 Å². The van der Waals surface area contributed by atoms with Gasteiger partial charge in [0.2, 0.25) is 5.91 Å². The molecule has 0 heterocycles. The molecule has 42 heavy (non-hydrogen) atoms. The number of amides is 1. The van der Waals surface area contributed by atoms with Crippen LogP contribution in [0.15, 0.2) is 72.8 Å². The number of hydrazine groups is 1. The van der Waals surface area contributed by atoms with Crippen molar-refractivity contribution < 1.29 is 14.8 Å². The van der Waals surface area contributed by atoms with Gasteiger partial charge in [0, 0.05) is 19.5 Å². The molecule has 3 aromatic rings. The first-order chi connectivity index (χ1) is 19.9. The molecule has 3 aromatic carbocycles. The van der Waals surface area contributed by atoms with Crippen molar-refractivity contribution in [2.24, 2.45) is 5.84 Å². The fourth-order valence-electron chi connectivity index (χ4n) is 3.95. The van der Waals surface area contributed by atoms with E-state index in [1.807, 2.05) is 0 Å². The Morgan fingerprint density at radius 3 is 1.40 bits per heavy atom. The van der Waals surface area contributed by atoms with Gasteiger partial charge >= 0.3 is 0 Å². The van der Waals surface area contributed by atoms with Crippen molar-refractivity contribution in [2.45, 2.75) is 86.0 Å². The molecule has 3 rings (SSSR count). The van der Waals surface area contributed by atoms with Crippen LogP contribution in [0, 0.1) is 20.8 Å². The van der Waals surface area contributed by atoms with E-state index in [2.05, 4.69) is 110 Å². The Kier molecular flexibility index (Phi) is 23.8. The fourth-order valence-corrected chi connectivity index (χ4v) is 3.95. The first kappa shape index (κ1) is 38.9. The van der Waals surface area contributed by atoms with Crippen molar-refractivity contribution in [3.05, 3.63) is 106 Å². The van der Waals surface area contributed by atoms with Crippen molar-refractivity contribution in [2.75, 3.05) is 20.2 Å². The summed E-state index contributed by atoms with van der Waals surface area (Å²) in [5, 5.41) is 8.35. The molecule has 0 bridgehead atoms. The van der Waals surface area contributed by atoms with Gasteiger partial charge in [0.15, 0.2) is 0 Å². The average molecular weight is 581 g/mol. The number of hydrogen-bond acceptors (Lipinski definition) is 6. The molecule has 7 nitrogen and oxygen atoms in total. The molecule has 0 aliphatic heterocycles. The largest absolute Gasteiger partial charge is 0.317 e. The highest BCUT2D eigenvalue weighted by atomic mass is 16.6. The predicted octanol–water partition coefficient (Wildman–Crippen LogP) is 6.71. The maximum absolute atomic E-state index is 10.8. The summed E-state index contributed by atoms with van der Waals surface area (Å²) in [7, 11) is 1.65. The first-order valence-corrected chi connectivity index (χ1v) is 14.7. The third-order valence-corrected chi connectivity index (χ3v) is 6.53. The van der Waals surface area contributed by atoms with Gasteiger partial charge in [-0.3, -0.25) is 10.2 Å². The fraction of sp³-hybridized carbons (Fsp3) is 0.457. The van der Waals surface area contributed by atoms with Crippen LogP contribution in [0.1, 0.15) is 79.3 Å². The molecular formula is C35H56N4O3. The van der Waals surface area contributed by atoms with Crippen LogP contribution >= 0.6 is 0 Å². The molecule has 0 spiro atoms. The minimum Gasteiger partial charge on any atom is -0.317 e. The molecule has 0 atom stereocenters. The third-order valence-electron chi connectivity index (χ3n) is 6.53. The number of hydrogen-bond donors (Lipinski definition) is 5. The predicted molar refractivity (Wildman–Crippen MR) is 176 cm³/mol. The van der Waals surface area contributed by atoms with Gasteiger partial charge in [0.1, 0.15) is 0 Å². The van der Waals surface area contributed by atoms with Crippen LogP contribution in [0.25, 0.3) is 0 Å². The molecule has 0 fully saturated rings. The molecule has 0 aliphatic rings. The van der Waals surface area contributed by atoms with E-state index in [4.69, 9.17) is 15.9 Å². The van der Waals surface area contributed by atoms with E-state index in [1.54, 1.807) is 7.11 Å². The highest BCUT2D eigenvalue weighted by Crippen LogP contribution is 2.08. The molecule has 234 valence electrons. The lowest BCUT2D eigenvalue weighted by molar-refractivity contribution is -0.121. The molecule has 0 aromatic heterocycles. The minimum atomic E-state index is -0.0999. The van der Waals surface area contributed by atoms with Crippen LogP contribution in [0.5, 0.6) is 0 Å². The summed E-state index contributed by atoms with van der Waals surface area (Å²) in [6.07, 6.45) is 9.01. The second-order valence-corrected chi connectivity index (χ2v) is 10.3. The summed E-state index contributed by atoms with van der Waals surface area (Å²) in [6, 6.07) is 25.7. The zero-order chi connectivity index (χ0) is 30.1. The SMILES string of the molecule is C.CONCCCCc1ccc(C)cc1.Cc1ccc(CCCC(=O)NN)cc1.Cc1ccc(CCCCNO)cc1. The average Bonchev–Trinajstić information content (AvgIpc) is 2.99. The summed E-state index contributed by atoms with van der Waals surface area (Å²) < 4.78 is 0. The van der Waals surface area contributed by atoms with Gasteiger partial charge in [-0.2, -0.15) is 0 Å². The molecule has 6 N–H and O–H groups in total. The Balaban J connectivity index is 0.000000594. The number of carbonyl (C=O) groups is 1. The number of aryl methyl sites for hydroxylation is 6. The monoisotopic (exact) mass is 580 g/mol. The van der Waals surface area contributed by atoms with Gasteiger partial charge < -0.3 is 10.0 Å².